The molecular formula is C17H23BrFN. The molecular weight excluding hydrogens is 317 g/mol. The molecule has 3 unspecified atom stereocenters. The maximum Gasteiger partial charge on any atom is 0.137 e. The monoisotopic (exact) mass is 339 g/mol. The summed E-state index contributed by atoms with van der Waals surface area (Å²) in [6.45, 7) is 8.03. The molecule has 2 aliphatic carbocycles. The largest absolute Gasteiger partial charge is 0.309 e. The van der Waals surface area contributed by atoms with Crippen LogP contribution in [-0.2, 0) is 6.54 Å². The number of benzene rings is 1. The highest BCUT2D eigenvalue weighted by molar-refractivity contribution is 9.10. The van der Waals surface area contributed by atoms with Gasteiger partial charge in [0.25, 0.3) is 0 Å². The van der Waals surface area contributed by atoms with E-state index in [1.165, 1.54) is 19.3 Å². The van der Waals surface area contributed by atoms with Crippen molar-refractivity contribution in [2.75, 3.05) is 0 Å². The lowest BCUT2D eigenvalue weighted by Gasteiger charge is -2.39. The zero-order valence-electron chi connectivity index (χ0n) is 12.5. The molecule has 3 atom stereocenters. The van der Waals surface area contributed by atoms with Crippen molar-refractivity contribution in [1.29, 1.82) is 0 Å². The predicted octanol–water partition coefficient (Wildman–Crippen LogP) is 4.89. The SMILES string of the molecule is CC1(C)C2CCC1(C)C(NCc1ccc(Br)c(F)c1)C2. The Bertz CT molecular complexity index is 528. The third-order valence-corrected chi connectivity index (χ3v) is 6.97. The van der Waals surface area contributed by atoms with E-state index in [-0.39, 0.29) is 5.82 Å². The highest BCUT2D eigenvalue weighted by Crippen LogP contribution is 2.65. The number of halogens is 2. The maximum absolute atomic E-state index is 13.6. The maximum atomic E-state index is 13.6. The van der Waals surface area contributed by atoms with E-state index in [2.05, 4.69) is 42.0 Å². The van der Waals surface area contributed by atoms with Gasteiger partial charge in [0.15, 0.2) is 0 Å². The third kappa shape index (κ3) is 2.05. The van der Waals surface area contributed by atoms with E-state index in [0.717, 1.165) is 18.0 Å². The fraction of sp³-hybridized carbons (Fsp3) is 0.647. The van der Waals surface area contributed by atoms with Gasteiger partial charge in [0.2, 0.25) is 0 Å². The third-order valence-electron chi connectivity index (χ3n) is 6.33. The Morgan fingerprint density at radius 1 is 1.35 bits per heavy atom. The van der Waals surface area contributed by atoms with Gasteiger partial charge in [0.05, 0.1) is 4.47 Å². The summed E-state index contributed by atoms with van der Waals surface area (Å²) in [4.78, 5) is 0. The van der Waals surface area contributed by atoms with Crippen molar-refractivity contribution in [2.24, 2.45) is 16.7 Å². The minimum atomic E-state index is -0.177. The summed E-state index contributed by atoms with van der Waals surface area (Å²) >= 11 is 3.20. The van der Waals surface area contributed by atoms with Crippen LogP contribution in [0.15, 0.2) is 22.7 Å². The Morgan fingerprint density at radius 2 is 2.10 bits per heavy atom. The molecule has 2 bridgehead atoms. The molecule has 20 heavy (non-hydrogen) atoms. The van der Waals surface area contributed by atoms with E-state index in [0.29, 0.717) is 21.3 Å². The van der Waals surface area contributed by atoms with Gasteiger partial charge in [0.1, 0.15) is 5.82 Å². The minimum Gasteiger partial charge on any atom is -0.309 e. The van der Waals surface area contributed by atoms with Gasteiger partial charge in [-0.25, -0.2) is 4.39 Å². The molecule has 3 rings (SSSR count). The van der Waals surface area contributed by atoms with E-state index >= 15 is 0 Å². The molecule has 1 N–H and O–H groups in total. The van der Waals surface area contributed by atoms with E-state index in [1.54, 1.807) is 12.1 Å². The lowest BCUT2D eigenvalue weighted by molar-refractivity contribution is 0.120. The molecule has 2 saturated carbocycles. The van der Waals surface area contributed by atoms with Gasteiger partial charge in [-0.15, -0.1) is 0 Å². The van der Waals surface area contributed by atoms with Crippen LogP contribution >= 0.6 is 15.9 Å². The van der Waals surface area contributed by atoms with Crippen LogP contribution in [0.5, 0.6) is 0 Å². The highest BCUT2D eigenvalue weighted by atomic mass is 79.9. The first-order valence-electron chi connectivity index (χ1n) is 7.52. The molecule has 3 heteroatoms. The van der Waals surface area contributed by atoms with Crippen molar-refractivity contribution in [3.05, 3.63) is 34.1 Å². The number of nitrogens with one attached hydrogen (secondary N) is 1. The van der Waals surface area contributed by atoms with Crippen molar-refractivity contribution in [3.8, 4) is 0 Å². The lowest BCUT2D eigenvalue weighted by atomic mass is 9.69. The topological polar surface area (TPSA) is 12.0 Å². The first-order chi connectivity index (χ1) is 9.34. The molecule has 2 fully saturated rings. The molecule has 0 radical (unpaired) electrons. The fourth-order valence-corrected chi connectivity index (χ4v) is 4.65. The Balaban J connectivity index is 1.69. The lowest BCUT2D eigenvalue weighted by Crippen LogP contribution is -2.44. The summed E-state index contributed by atoms with van der Waals surface area (Å²) in [7, 11) is 0. The van der Waals surface area contributed by atoms with Gasteiger partial charge in [-0.1, -0.05) is 26.8 Å². The van der Waals surface area contributed by atoms with Crippen LogP contribution in [0.4, 0.5) is 4.39 Å². The second kappa shape index (κ2) is 4.81. The van der Waals surface area contributed by atoms with Gasteiger partial charge in [-0.05, 0) is 69.6 Å². The summed E-state index contributed by atoms with van der Waals surface area (Å²) in [5.74, 6) is 0.662. The standard InChI is InChI=1S/C17H23BrFN/c1-16(2)12-6-7-17(16,3)15(9-12)20-10-11-4-5-13(18)14(19)8-11/h4-5,8,12,15,20H,6-7,9-10H2,1-3H3. The van der Waals surface area contributed by atoms with Crippen LogP contribution in [-0.4, -0.2) is 6.04 Å². The Hall–Kier alpha value is -0.410. The van der Waals surface area contributed by atoms with Crippen LogP contribution in [0, 0.1) is 22.6 Å². The Kier molecular flexibility index (Phi) is 3.49. The number of rotatable bonds is 3. The van der Waals surface area contributed by atoms with Crippen molar-refractivity contribution in [2.45, 2.75) is 52.6 Å². The van der Waals surface area contributed by atoms with Gasteiger partial charge in [-0.2, -0.15) is 0 Å². The summed E-state index contributed by atoms with van der Waals surface area (Å²) in [6.07, 6.45) is 3.95. The van der Waals surface area contributed by atoms with E-state index in [4.69, 9.17) is 0 Å². The van der Waals surface area contributed by atoms with Crippen molar-refractivity contribution >= 4 is 15.9 Å². The normalized spacial score (nSPS) is 34.6. The number of fused-ring (bicyclic) bond motifs is 2. The van der Waals surface area contributed by atoms with E-state index < -0.39 is 0 Å². The van der Waals surface area contributed by atoms with Crippen molar-refractivity contribution < 1.29 is 4.39 Å². The highest BCUT2D eigenvalue weighted by Gasteiger charge is 2.60. The molecule has 0 aliphatic heterocycles. The summed E-state index contributed by atoms with van der Waals surface area (Å²) in [5.41, 5.74) is 1.83. The summed E-state index contributed by atoms with van der Waals surface area (Å²) < 4.78 is 14.1. The Morgan fingerprint density at radius 3 is 2.65 bits per heavy atom. The summed E-state index contributed by atoms with van der Waals surface area (Å²) in [5, 5.41) is 3.69. The zero-order valence-corrected chi connectivity index (χ0v) is 14.1. The molecule has 1 aromatic carbocycles. The molecule has 1 nitrogen and oxygen atoms in total. The minimum absolute atomic E-state index is 0.177. The second-order valence-electron chi connectivity index (χ2n) is 7.29. The molecule has 0 amide bonds. The Labute approximate surface area is 129 Å². The quantitative estimate of drug-likeness (QED) is 0.826. The first kappa shape index (κ1) is 14.5. The van der Waals surface area contributed by atoms with Crippen LogP contribution in [0.25, 0.3) is 0 Å². The first-order valence-corrected chi connectivity index (χ1v) is 8.31. The number of hydrogen-bond acceptors (Lipinski definition) is 1. The van der Waals surface area contributed by atoms with Crippen LogP contribution in [0.2, 0.25) is 0 Å². The summed E-state index contributed by atoms with van der Waals surface area (Å²) in [6, 6.07) is 5.96. The van der Waals surface area contributed by atoms with Gasteiger partial charge < -0.3 is 5.32 Å². The molecule has 0 heterocycles. The molecule has 1 aromatic rings. The van der Waals surface area contributed by atoms with E-state index in [1.807, 2.05) is 6.07 Å². The van der Waals surface area contributed by atoms with Crippen LogP contribution in [0.3, 0.4) is 0 Å². The molecule has 0 spiro atoms. The van der Waals surface area contributed by atoms with Crippen LogP contribution < -0.4 is 5.32 Å². The molecule has 0 aromatic heterocycles. The predicted molar refractivity (Wildman–Crippen MR) is 84.0 cm³/mol. The number of hydrogen-bond donors (Lipinski definition) is 1. The van der Waals surface area contributed by atoms with Gasteiger partial charge in [-0.3, -0.25) is 0 Å². The van der Waals surface area contributed by atoms with Crippen molar-refractivity contribution in [3.63, 3.8) is 0 Å². The smallest absolute Gasteiger partial charge is 0.137 e. The average Bonchev–Trinajstić information content (AvgIpc) is 2.73. The van der Waals surface area contributed by atoms with Crippen molar-refractivity contribution in [1.82, 2.24) is 5.32 Å². The van der Waals surface area contributed by atoms with E-state index in [9.17, 15) is 4.39 Å². The molecule has 110 valence electrons. The van der Waals surface area contributed by atoms with Gasteiger partial charge in [0, 0.05) is 12.6 Å². The fourth-order valence-electron chi connectivity index (χ4n) is 4.40. The van der Waals surface area contributed by atoms with Gasteiger partial charge >= 0.3 is 0 Å². The van der Waals surface area contributed by atoms with Crippen LogP contribution in [0.1, 0.15) is 45.6 Å². The molecule has 2 aliphatic rings. The average molecular weight is 340 g/mol. The molecule has 0 saturated heterocycles. The second-order valence-corrected chi connectivity index (χ2v) is 8.15. The zero-order chi connectivity index (χ0) is 14.5.